The zero-order chi connectivity index (χ0) is 14.8. The van der Waals surface area contributed by atoms with E-state index in [-0.39, 0.29) is 5.91 Å². The van der Waals surface area contributed by atoms with Crippen molar-refractivity contribution in [3.63, 3.8) is 0 Å². The van der Waals surface area contributed by atoms with E-state index in [1.54, 1.807) is 0 Å². The highest BCUT2D eigenvalue weighted by atomic mass is 79.9. The van der Waals surface area contributed by atoms with Gasteiger partial charge in [-0.05, 0) is 54.6 Å². The molecule has 1 unspecified atom stereocenters. The highest BCUT2D eigenvalue weighted by molar-refractivity contribution is 9.10. The zero-order valence-electron chi connectivity index (χ0n) is 12.2. The van der Waals surface area contributed by atoms with Crippen molar-refractivity contribution in [2.75, 3.05) is 13.1 Å². The summed E-state index contributed by atoms with van der Waals surface area (Å²) in [5.74, 6) is 0.0712. The molecule has 1 saturated heterocycles. The Balaban J connectivity index is 2.14. The number of nitrogens with zero attached hydrogens (tertiary/aromatic N) is 2. The van der Waals surface area contributed by atoms with E-state index < -0.39 is 5.60 Å². The second-order valence-corrected chi connectivity index (χ2v) is 6.80. The SMILES string of the molecule is CCCn1cc(Br)cc1C(=O)N1CCCC(C)(O)CC1. The molecule has 4 nitrogen and oxygen atoms in total. The first-order chi connectivity index (χ1) is 9.43. The van der Waals surface area contributed by atoms with E-state index in [9.17, 15) is 9.90 Å². The van der Waals surface area contributed by atoms with Gasteiger partial charge >= 0.3 is 0 Å². The summed E-state index contributed by atoms with van der Waals surface area (Å²) in [6.45, 7) is 6.16. The van der Waals surface area contributed by atoms with Crippen LogP contribution in [0.3, 0.4) is 0 Å². The van der Waals surface area contributed by atoms with Crippen LogP contribution in [-0.2, 0) is 6.54 Å². The van der Waals surface area contributed by atoms with Gasteiger partial charge in [-0.3, -0.25) is 4.79 Å². The highest BCUT2D eigenvalue weighted by Gasteiger charge is 2.28. The Morgan fingerprint density at radius 1 is 1.45 bits per heavy atom. The monoisotopic (exact) mass is 342 g/mol. The molecule has 1 aromatic heterocycles. The van der Waals surface area contributed by atoms with Gasteiger partial charge in [0, 0.05) is 30.3 Å². The Morgan fingerprint density at radius 3 is 2.90 bits per heavy atom. The van der Waals surface area contributed by atoms with Crippen molar-refractivity contribution in [3.8, 4) is 0 Å². The maximum atomic E-state index is 12.7. The molecule has 1 atom stereocenters. The van der Waals surface area contributed by atoms with E-state index >= 15 is 0 Å². The van der Waals surface area contributed by atoms with Gasteiger partial charge in [0.1, 0.15) is 5.69 Å². The van der Waals surface area contributed by atoms with Crippen molar-refractivity contribution in [2.24, 2.45) is 0 Å². The molecule has 1 aliphatic heterocycles. The Hall–Kier alpha value is -0.810. The number of likely N-dealkylation sites (tertiary alicyclic amines) is 1. The summed E-state index contributed by atoms with van der Waals surface area (Å²) in [6, 6.07) is 1.89. The van der Waals surface area contributed by atoms with Crippen LogP contribution in [0.5, 0.6) is 0 Å². The number of aliphatic hydroxyl groups is 1. The number of carbonyl (C=O) groups is 1. The third kappa shape index (κ3) is 3.64. The van der Waals surface area contributed by atoms with Crippen LogP contribution in [0.1, 0.15) is 50.0 Å². The molecule has 1 aromatic rings. The molecule has 0 saturated carbocycles. The number of hydrogen-bond donors (Lipinski definition) is 1. The molecule has 1 N–H and O–H groups in total. The Labute approximate surface area is 128 Å². The van der Waals surface area contributed by atoms with Crippen LogP contribution in [0.2, 0.25) is 0 Å². The van der Waals surface area contributed by atoms with Gasteiger partial charge in [-0.2, -0.15) is 0 Å². The summed E-state index contributed by atoms with van der Waals surface area (Å²) in [7, 11) is 0. The molecule has 1 aliphatic rings. The smallest absolute Gasteiger partial charge is 0.270 e. The van der Waals surface area contributed by atoms with Crippen molar-refractivity contribution in [1.29, 1.82) is 0 Å². The fourth-order valence-electron chi connectivity index (χ4n) is 2.71. The molecular formula is C15H23BrN2O2. The molecule has 0 radical (unpaired) electrons. The molecule has 0 spiro atoms. The predicted molar refractivity (Wildman–Crippen MR) is 82.8 cm³/mol. The summed E-state index contributed by atoms with van der Waals surface area (Å²) in [5.41, 5.74) is 0.0985. The van der Waals surface area contributed by atoms with Gasteiger partial charge in [0.2, 0.25) is 0 Å². The fraction of sp³-hybridized carbons (Fsp3) is 0.667. The highest BCUT2D eigenvalue weighted by Crippen LogP contribution is 2.23. The predicted octanol–water partition coefficient (Wildman–Crippen LogP) is 3.04. The molecule has 2 heterocycles. The maximum Gasteiger partial charge on any atom is 0.270 e. The number of hydrogen-bond acceptors (Lipinski definition) is 2. The lowest BCUT2D eigenvalue weighted by Gasteiger charge is -2.23. The number of halogens is 1. The van der Waals surface area contributed by atoms with Gasteiger partial charge in [0.15, 0.2) is 0 Å². The quantitative estimate of drug-likeness (QED) is 0.917. The number of rotatable bonds is 3. The molecule has 0 aliphatic carbocycles. The van der Waals surface area contributed by atoms with Crippen LogP contribution in [0, 0.1) is 0 Å². The first-order valence-electron chi connectivity index (χ1n) is 7.30. The van der Waals surface area contributed by atoms with Gasteiger partial charge < -0.3 is 14.6 Å². The van der Waals surface area contributed by atoms with E-state index in [1.807, 2.05) is 28.7 Å². The standard InChI is InChI=1S/C15H23BrN2O2/c1-3-7-18-11-12(16)10-13(18)14(19)17-8-4-5-15(2,20)6-9-17/h10-11,20H,3-9H2,1-2H3. The van der Waals surface area contributed by atoms with Gasteiger partial charge in [0.05, 0.1) is 5.60 Å². The maximum absolute atomic E-state index is 12.7. The normalized spacial score (nSPS) is 23.7. The number of aromatic nitrogens is 1. The minimum absolute atomic E-state index is 0.0712. The minimum atomic E-state index is -0.638. The summed E-state index contributed by atoms with van der Waals surface area (Å²) in [5, 5.41) is 10.1. The Bertz CT molecular complexity index is 482. The van der Waals surface area contributed by atoms with E-state index in [0.29, 0.717) is 13.0 Å². The van der Waals surface area contributed by atoms with E-state index in [0.717, 1.165) is 42.5 Å². The van der Waals surface area contributed by atoms with E-state index in [4.69, 9.17) is 0 Å². The summed E-state index contributed by atoms with van der Waals surface area (Å²) in [6.07, 6.45) is 5.22. The first kappa shape index (κ1) is 15.6. The Kier molecular flexibility index (Phi) is 4.91. The van der Waals surface area contributed by atoms with Crippen LogP contribution >= 0.6 is 15.9 Å². The van der Waals surface area contributed by atoms with Gasteiger partial charge in [0.25, 0.3) is 5.91 Å². The van der Waals surface area contributed by atoms with Crippen LogP contribution in [-0.4, -0.2) is 39.2 Å². The lowest BCUT2D eigenvalue weighted by atomic mass is 9.98. The first-order valence-corrected chi connectivity index (χ1v) is 8.09. The van der Waals surface area contributed by atoms with E-state index in [1.165, 1.54) is 0 Å². The molecule has 0 bridgehead atoms. The van der Waals surface area contributed by atoms with Crippen LogP contribution in [0.15, 0.2) is 16.7 Å². The second kappa shape index (κ2) is 6.31. The lowest BCUT2D eigenvalue weighted by molar-refractivity contribution is 0.0436. The molecule has 20 heavy (non-hydrogen) atoms. The van der Waals surface area contributed by atoms with Crippen LogP contribution in [0.25, 0.3) is 0 Å². The van der Waals surface area contributed by atoms with Crippen molar-refractivity contribution in [2.45, 2.75) is 51.7 Å². The summed E-state index contributed by atoms with van der Waals surface area (Å²) >= 11 is 3.45. The van der Waals surface area contributed by atoms with Crippen molar-refractivity contribution >= 4 is 21.8 Å². The average Bonchev–Trinajstić information content (AvgIpc) is 2.63. The largest absolute Gasteiger partial charge is 0.390 e. The molecule has 112 valence electrons. The Morgan fingerprint density at radius 2 is 2.20 bits per heavy atom. The average molecular weight is 343 g/mol. The third-order valence-corrected chi connectivity index (χ3v) is 4.33. The number of amides is 1. The van der Waals surface area contributed by atoms with Crippen LogP contribution < -0.4 is 0 Å². The zero-order valence-corrected chi connectivity index (χ0v) is 13.8. The molecule has 5 heteroatoms. The second-order valence-electron chi connectivity index (χ2n) is 5.88. The summed E-state index contributed by atoms with van der Waals surface area (Å²) in [4.78, 5) is 14.5. The lowest BCUT2D eigenvalue weighted by Crippen LogP contribution is -2.34. The van der Waals surface area contributed by atoms with Crippen molar-refractivity contribution < 1.29 is 9.90 Å². The molecule has 1 amide bonds. The topological polar surface area (TPSA) is 45.5 Å². The molecule has 2 rings (SSSR count). The molecule has 0 aromatic carbocycles. The summed E-state index contributed by atoms with van der Waals surface area (Å²) < 4.78 is 2.95. The molecular weight excluding hydrogens is 320 g/mol. The van der Waals surface area contributed by atoms with Gasteiger partial charge in [-0.25, -0.2) is 0 Å². The van der Waals surface area contributed by atoms with Crippen LogP contribution in [0.4, 0.5) is 0 Å². The van der Waals surface area contributed by atoms with Crippen molar-refractivity contribution in [1.82, 2.24) is 9.47 Å². The molecule has 1 fully saturated rings. The van der Waals surface area contributed by atoms with E-state index in [2.05, 4.69) is 22.9 Å². The van der Waals surface area contributed by atoms with Gasteiger partial charge in [-0.15, -0.1) is 0 Å². The van der Waals surface area contributed by atoms with Crippen molar-refractivity contribution in [3.05, 3.63) is 22.4 Å². The minimum Gasteiger partial charge on any atom is -0.390 e. The van der Waals surface area contributed by atoms with Gasteiger partial charge in [-0.1, -0.05) is 6.92 Å². The fourth-order valence-corrected chi connectivity index (χ4v) is 3.17. The number of aryl methyl sites for hydroxylation is 1. The number of carbonyl (C=O) groups excluding carboxylic acids is 1. The third-order valence-electron chi connectivity index (χ3n) is 3.90.